The number of nitrogens with two attached hydrogens (primary N) is 1. The van der Waals surface area contributed by atoms with Gasteiger partial charge in [0.05, 0.1) is 6.04 Å². The number of carbonyl (C=O) groups excluding carboxylic acids is 2. The first-order valence-electron chi connectivity index (χ1n) is 6.10. The van der Waals surface area contributed by atoms with Crippen LogP contribution in [-0.2, 0) is 9.59 Å². The molecule has 2 amide bonds. The number of halogens is 1. The summed E-state index contributed by atoms with van der Waals surface area (Å²) in [5.41, 5.74) is 1.03. The third-order valence-electron chi connectivity index (χ3n) is 2.69. The first kappa shape index (κ1) is 15.7. The molecule has 1 aromatic rings. The van der Waals surface area contributed by atoms with Gasteiger partial charge in [0.2, 0.25) is 0 Å². The number of nitrogens with one attached hydrogen (secondary N) is 2. The zero-order chi connectivity index (χ0) is 14.3. The molecular weight excluding hydrogens is 310 g/mol. The Kier molecular flexibility index (Phi) is 6.52. The number of hydrogen-bond acceptors (Lipinski definition) is 2. The molecule has 0 spiro atoms. The number of quaternary nitrogens is 1. The van der Waals surface area contributed by atoms with Crippen molar-refractivity contribution in [1.29, 1.82) is 0 Å². The maximum absolute atomic E-state index is 11.7. The standard InChI is InChI=1S/C13H18BrN3O2/c1-9(10-5-3-4-6-11(10)14)17-13(19)8-16-7-12(18)15-2/h3-6,9,16H,7-8H2,1-2H3,(H,15,18)(H,17,19)/p+1/t9-/m0/s1. The molecule has 6 heteroatoms. The molecule has 0 radical (unpaired) electrons. The van der Waals surface area contributed by atoms with Crippen LogP contribution in [0.2, 0.25) is 0 Å². The third kappa shape index (κ3) is 5.40. The van der Waals surface area contributed by atoms with Crippen molar-refractivity contribution in [3.8, 4) is 0 Å². The Hall–Kier alpha value is -1.40. The summed E-state index contributed by atoms with van der Waals surface area (Å²) in [5, 5.41) is 7.07. The molecule has 0 bridgehead atoms. The van der Waals surface area contributed by atoms with E-state index in [9.17, 15) is 9.59 Å². The number of benzene rings is 1. The molecule has 1 rings (SSSR count). The smallest absolute Gasteiger partial charge is 0.275 e. The highest BCUT2D eigenvalue weighted by atomic mass is 79.9. The Labute approximate surface area is 121 Å². The van der Waals surface area contributed by atoms with E-state index in [2.05, 4.69) is 26.6 Å². The van der Waals surface area contributed by atoms with E-state index in [-0.39, 0.29) is 30.9 Å². The van der Waals surface area contributed by atoms with E-state index >= 15 is 0 Å². The summed E-state index contributed by atoms with van der Waals surface area (Å²) in [5.74, 6) is -0.182. The van der Waals surface area contributed by atoms with Crippen molar-refractivity contribution in [3.63, 3.8) is 0 Å². The second kappa shape index (κ2) is 7.91. The minimum atomic E-state index is -0.0911. The van der Waals surface area contributed by atoms with Gasteiger partial charge in [-0.1, -0.05) is 34.1 Å². The zero-order valence-corrected chi connectivity index (χ0v) is 12.7. The van der Waals surface area contributed by atoms with Crippen LogP contribution in [-0.4, -0.2) is 32.0 Å². The highest BCUT2D eigenvalue weighted by Gasteiger charge is 2.13. The second-order valence-electron chi connectivity index (χ2n) is 4.18. The van der Waals surface area contributed by atoms with Gasteiger partial charge in [-0.25, -0.2) is 0 Å². The van der Waals surface area contributed by atoms with Crippen LogP contribution in [0.5, 0.6) is 0 Å². The summed E-state index contributed by atoms with van der Waals surface area (Å²) in [6.07, 6.45) is 0. The summed E-state index contributed by atoms with van der Waals surface area (Å²) in [4.78, 5) is 22.7. The average molecular weight is 329 g/mol. The van der Waals surface area contributed by atoms with Gasteiger partial charge in [0, 0.05) is 11.5 Å². The van der Waals surface area contributed by atoms with Crippen molar-refractivity contribution in [2.45, 2.75) is 13.0 Å². The predicted molar refractivity (Wildman–Crippen MR) is 76.4 cm³/mol. The lowest BCUT2D eigenvalue weighted by Crippen LogP contribution is -2.88. The molecule has 0 aliphatic carbocycles. The fourth-order valence-corrected chi connectivity index (χ4v) is 2.27. The number of amides is 2. The maximum atomic E-state index is 11.7. The van der Waals surface area contributed by atoms with Gasteiger partial charge in [-0.15, -0.1) is 0 Å². The van der Waals surface area contributed by atoms with Gasteiger partial charge in [0.15, 0.2) is 13.1 Å². The summed E-state index contributed by atoms with van der Waals surface area (Å²) in [6.45, 7) is 2.42. The largest absolute Gasteiger partial charge is 0.354 e. The van der Waals surface area contributed by atoms with Crippen LogP contribution < -0.4 is 16.0 Å². The molecule has 1 atom stereocenters. The van der Waals surface area contributed by atoms with Crippen molar-refractivity contribution in [2.75, 3.05) is 20.1 Å². The van der Waals surface area contributed by atoms with Gasteiger partial charge in [-0.3, -0.25) is 9.59 Å². The SMILES string of the molecule is CNC(=O)C[NH2+]CC(=O)N[C@@H](C)c1ccccc1Br. The lowest BCUT2D eigenvalue weighted by Gasteiger charge is -2.15. The van der Waals surface area contributed by atoms with E-state index < -0.39 is 0 Å². The second-order valence-corrected chi connectivity index (χ2v) is 5.04. The van der Waals surface area contributed by atoms with Crippen LogP contribution in [0.25, 0.3) is 0 Å². The van der Waals surface area contributed by atoms with Gasteiger partial charge in [0.1, 0.15) is 0 Å². The van der Waals surface area contributed by atoms with Crippen molar-refractivity contribution >= 4 is 27.7 Å². The van der Waals surface area contributed by atoms with Gasteiger partial charge in [-0.05, 0) is 18.6 Å². The van der Waals surface area contributed by atoms with Crippen molar-refractivity contribution in [2.24, 2.45) is 0 Å². The van der Waals surface area contributed by atoms with E-state index in [0.29, 0.717) is 0 Å². The topological polar surface area (TPSA) is 74.8 Å². The summed E-state index contributed by atoms with van der Waals surface area (Å²) < 4.78 is 0.970. The molecule has 0 aliphatic heterocycles. The van der Waals surface area contributed by atoms with Crippen molar-refractivity contribution in [3.05, 3.63) is 34.3 Å². The first-order valence-corrected chi connectivity index (χ1v) is 6.90. The number of hydrogen-bond donors (Lipinski definition) is 3. The monoisotopic (exact) mass is 328 g/mol. The molecule has 0 saturated carbocycles. The van der Waals surface area contributed by atoms with Crippen LogP contribution >= 0.6 is 15.9 Å². The minimum absolute atomic E-state index is 0.0727. The molecule has 0 aromatic heterocycles. The Morgan fingerprint density at radius 1 is 1.26 bits per heavy atom. The zero-order valence-electron chi connectivity index (χ0n) is 11.1. The van der Waals surface area contributed by atoms with Gasteiger partial charge >= 0.3 is 0 Å². The van der Waals surface area contributed by atoms with Gasteiger partial charge < -0.3 is 16.0 Å². The molecule has 19 heavy (non-hydrogen) atoms. The molecule has 4 N–H and O–H groups in total. The van der Waals surface area contributed by atoms with Crippen LogP contribution in [0, 0.1) is 0 Å². The highest BCUT2D eigenvalue weighted by Crippen LogP contribution is 2.22. The van der Waals surface area contributed by atoms with Crippen LogP contribution in [0.15, 0.2) is 28.7 Å². The number of rotatable bonds is 6. The molecule has 5 nitrogen and oxygen atoms in total. The van der Waals surface area contributed by atoms with E-state index in [1.54, 1.807) is 12.4 Å². The molecule has 104 valence electrons. The molecule has 0 saturated heterocycles. The quantitative estimate of drug-likeness (QED) is 0.684. The van der Waals surface area contributed by atoms with E-state index in [4.69, 9.17) is 0 Å². The van der Waals surface area contributed by atoms with Crippen LogP contribution in [0.4, 0.5) is 0 Å². The Bertz CT molecular complexity index is 451. The number of carbonyl (C=O) groups is 2. The van der Waals surface area contributed by atoms with Crippen LogP contribution in [0.1, 0.15) is 18.5 Å². The first-order chi connectivity index (χ1) is 9.04. The van der Waals surface area contributed by atoms with Crippen LogP contribution in [0.3, 0.4) is 0 Å². The fourth-order valence-electron chi connectivity index (χ4n) is 1.64. The summed E-state index contributed by atoms with van der Waals surface area (Å²) in [6, 6.07) is 7.69. The predicted octanol–water partition coefficient (Wildman–Crippen LogP) is -0.0643. The Morgan fingerprint density at radius 2 is 1.89 bits per heavy atom. The highest BCUT2D eigenvalue weighted by molar-refractivity contribution is 9.10. The molecule has 0 unspecified atom stereocenters. The lowest BCUT2D eigenvalue weighted by atomic mass is 10.1. The Balaban J connectivity index is 2.40. The van der Waals surface area contributed by atoms with E-state index in [1.165, 1.54) is 0 Å². The Morgan fingerprint density at radius 3 is 2.53 bits per heavy atom. The molecule has 0 fully saturated rings. The molecule has 0 aliphatic rings. The minimum Gasteiger partial charge on any atom is -0.354 e. The summed E-state index contributed by atoms with van der Waals surface area (Å²) >= 11 is 3.46. The fraction of sp³-hybridized carbons (Fsp3) is 0.385. The van der Waals surface area contributed by atoms with Crippen molar-refractivity contribution in [1.82, 2.24) is 10.6 Å². The molecule has 0 heterocycles. The summed E-state index contributed by atoms with van der Waals surface area (Å²) in [7, 11) is 1.57. The maximum Gasteiger partial charge on any atom is 0.275 e. The third-order valence-corrected chi connectivity index (χ3v) is 3.41. The van der Waals surface area contributed by atoms with Gasteiger partial charge in [-0.2, -0.15) is 0 Å². The van der Waals surface area contributed by atoms with Gasteiger partial charge in [0.25, 0.3) is 11.8 Å². The molecular formula is C13H19BrN3O2+. The lowest BCUT2D eigenvalue weighted by molar-refractivity contribution is -0.633. The van der Waals surface area contributed by atoms with E-state index in [1.807, 2.05) is 31.2 Å². The molecule has 1 aromatic carbocycles. The normalized spacial score (nSPS) is 11.7. The average Bonchev–Trinajstić information content (AvgIpc) is 2.38. The van der Waals surface area contributed by atoms with E-state index in [0.717, 1.165) is 10.0 Å². The number of likely N-dealkylation sites (N-methyl/N-ethyl adjacent to an activating group) is 1. The van der Waals surface area contributed by atoms with Crippen molar-refractivity contribution < 1.29 is 14.9 Å².